The molecular formula is C18H32ClN3O. The predicted octanol–water partition coefficient (Wildman–Crippen LogP) is 2.48. The number of nitrogens with zero attached hydrogens (tertiary/aromatic N) is 2. The van der Waals surface area contributed by atoms with Crippen molar-refractivity contribution in [2.75, 3.05) is 53.9 Å². The molecule has 4 nitrogen and oxygen atoms in total. The topological polar surface area (TPSA) is 27.7 Å². The van der Waals surface area contributed by atoms with E-state index in [0.29, 0.717) is 0 Å². The molecule has 1 saturated heterocycles. The van der Waals surface area contributed by atoms with Crippen molar-refractivity contribution in [1.82, 2.24) is 15.1 Å². The van der Waals surface area contributed by atoms with Crippen LogP contribution in [0.3, 0.4) is 0 Å². The zero-order valence-corrected chi connectivity index (χ0v) is 15.6. The van der Waals surface area contributed by atoms with Gasteiger partial charge in [-0.05, 0) is 52.0 Å². The Labute approximate surface area is 147 Å². The van der Waals surface area contributed by atoms with E-state index in [-0.39, 0.29) is 12.4 Å². The molecular weight excluding hydrogens is 310 g/mol. The number of likely N-dealkylation sites (tertiary alicyclic amines) is 1. The van der Waals surface area contributed by atoms with Crippen molar-refractivity contribution in [1.29, 1.82) is 0 Å². The molecule has 2 rings (SSSR count). The predicted molar refractivity (Wildman–Crippen MR) is 99.7 cm³/mol. The fourth-order valence-electron chi connectivity index (χ4n) is 3.14. The Bertz CT molecular complexity index is 442. The van der Waals surface area contributed by atoms with Gasteiger partial charge >= 0.3 is 0 Å². The number of nitrogens with one attached hydrogen (secondary N) is 1. The lowest BCUT2D eigenvalue weighted by atomic mass is 9.97. The largest absolute Gasteiger partial charge is 0.496 e. The summed E-state index contributed by atoms with van der Waals surface area (Å²) in [5.74, 6) is 1.78. The summed E-state index contributed by atoms with van der Waals surface area (Å²) in [4.78, 5) is 4.79. The number of methoxy groups -OCH3 is 1. The molecule has 1 aliphatic rings. The highest BCUT2D eigenvalue weighted by Crippen LogP contribution is 2.23. The maximum absolute atomic E-state index is 5.47. The van der Waals surface area contributed by atoms with Gasteiger partial charge in [-0.1, -0.05) is 18.2 Å². The molecule has 1 N–H and O–H groups in total. The number of rotatable bonds is 8. The van der Waals surface area contributed by atoms with Gasteiger partial charge in [0.05, 0.1) is 7.11 Å². The molecule has 0 saturated carbocycles. The molecule has 1 unspecified atom stereocenters. The Hall–Kier alpha value is -0.810. The van der Waals surface area contributed by atoms with Crippen LogP contribution in [0.4, 0.5) is 0 Å². The molecule has 0 bridgehead atoms. The van der Waals surface area contributed by atoms with Crippen LogP contribution < -0.4 is 10.1 Å². The fraction of sp³-hybridized carbons (Fsp3) is 0.667. The van der Waals surface area contributed by atoms with Crippen LogP contribution in [0.25, 0.3) is 0 Å². The summed E-state index contributed by atoms with van der Waals surface area (Å²) < 4.78 is 5.47. The molecule has 1 fully saturated rings. The summed E-state index contributed by atoms with van der Waals surface area (Å²) in [7, 11) is 6.00. The van der Waals surface area contributed by atoms with Crippen LogP contribution in [0.15, 0.2) is 24.3 Å². The fourth-order valence-corrected chi connectivity index (χ4v) is 3.14. The molecule has 1 heterocycles. The van der Waals surface area contributed by atoms with E-state index in [9.17, 15) is 0 Å². The standard InChI is InChI=1S/C18H31N3O.ClH/c1-20(2)12-10-19-13-16-7-6-11-21(14-16)15-17-8-4-5-9-18(17)22-3;/h4-5,8-9,16,19H,6-7,10-15H2,1-3H3;1H. The average molecular weight is 342 g/mol. The van der Waals surface area contributed by atoms with Crippen molar-refractivity contribution < 1.29 is 4.74 Å². The first-order valence-electron chi connectivity index (χ1n) is 8.38. The molecule has 1 aromatic rings. The van der Waals surface area contributed by atoms with Gasteiger partial charge in [-0.25, -0.2) is 0 Å². The Kier molecular flexibility index (Phi) is 9.56. The highest BCUT2D eigenvalue weighted by Gasteiger charge is 2.20. The maximum atomic E-state index is 5.47. The van der Waals surface area contributed by atoms with Gasteiger partial charge in [-0.15, -0.1) is 12.4 Å². The third-order valence-electron chi connectivity index (χ3n) is 4.36. The Morgan fingerprint density at radius 2 is 2.09 bits per heavy atom. The lowest BCUT2D eigenvalue weighted by Gasteiger charge is -2.33. The summed E-state index contributed by atoms with van der Waals surface area (Å²) in [6.45, 7) is 6.71. The molecule has 5 heteroatoms. The van der Waals surface area contributed by atoms with E-state index >= 15 is 0 Å². The molecule has 0 amide bonds. The van der Waals surface area contributed by atoms with Crippen LogP contribution in [0.1, 0.15) is 18.4 Å². The van der Waals surface area contributed by atoms with Crippen molar-refractivity contribution in [3.63, 3.8) is 0 Å². The lowest BCUT2D eigenvalue weighted by molar-refractivity contribution is 0.163. The third kappa shape index (κ3) is 7.08. The highest BCUT2D eigenvalue weighted by molar-refractivity contribution is 5.85. The monoisotopic (exact) mass is 341 g/mol. The normalized spacial score (nSPS) is 18.7. The lowest BCUT2D eigenvalue weighted by Crippen LogP contribution is -2.40. The van der Waals surface area contributed by atoms with Crippen molar-refractivity contribution in [3.8, 4) is 5.75 Å². The quantitative estimate of drug-likeness (QED) is 0.735. The van der Waals surface area contributed by atoms with Gasteiger partial charge in [0.15, 0.2) is 0 Å². The summed E-state index contributed by atoms with van der Waals surface area (Å²) in [5.41, 5.74) is 1.30. The van der Waals surface area contributed by atoms with Gasteiger partial charge in [-0.2, -0.15) is 0 Å². The highest BCUT2D eigenvalue weighted by atomic mass is 35.5. The molecule has 0 radical (unpaired) electrons. The minimum atomic E-state index is 0. The average Bonchev–Trinajstić information content (AvgIpc) is 2.52. The van der Waals surface area contributed by atoms with E-state index in [1.165, 1.54) is 31.5 Å². The number of hydrogen-bond acceptors (Lipinski definition) is 4. The van der Waals surface area contributed by atoms with E-state index in [1.54, 1.807) is 7.11 Å². The van der Waals surface area contributed by atoms with Crippen LogP contribution in [0.5, 0.6) is 5.75 Å². The summed E-state index contributed by atoms with van der Waals surface area (Å²) >= 11 is 0. The van der Waals surface area contributed by atoms with E-state index in [1.807, 2.05) is 6.07 Å². The third-order valence-corrected chi connectivity index (χ3v) is 4.36. The molecule has 0 aliphatic carbocycles. The van der Waals surface area contributed by atoms with E-state index in [0.717, 1.165) is 37.8 Å². The second-order valence-corrected chi connectivity index (χ2v) is 6.56. The van der Waals surface area contributed by atoms with Crippen LogP contribution in [-0.4, -0.2) is 63.7 Å². The minimum Gasteiger partial charge on any atom is -0.496 e. The van der Waals surface area contributed by atoms with Gasteiger partial charge in [0.1, 0.15) is 5.75 Å². The first kappa shape index (κ1) is 20.2. The number of piperidine rings is 1. The van der Waals surface area contributed by atoms with Gasteiger partial charge in [0.2, 0.25) is 0 Å². The Balaban J connectivity index is 0.00000264. The van der Waals surface area contributed by atoms with Crippen molar-refractivity contribution in [2.24, 2.45) is 5.92 Å². The molecule has 1 aromatic carbocycles. The summed E-state index contributed by atoms with van der Waals surface area (Å²) in [6, 6.07) is 8.37. The number of halogens is 1. The van der Waals surface area contributed by atoms with Gasteiger partial charge in [-0.3, -0.25) is 4.90 Å². The van der Waals surface area contributed by atoms with Crippen molar-refractivity contribution >= 4 is 12.4 Å². The van der Waals surface area contributed by atoms with Crippen LogP contribution >= 0.6 is 12.4 Å². The van der Waals surface area contributed by atoms with E-state index in [4.69, 9.17) is 4.74 Å². The number of ether oxygens (including phenoxy) is 1. The van der Waals surface area contributed by atoms with Gasteiger partial charge < -0.3 is 15.0 Å². The van der Waals surface area contributed by atoms with Crippen LogP contribution in [0.2, 0.25) is 0 Å². The summed E-state index contributed by atoms with van der Waals surface area (Å²) in [6.07, 6.45) is 2.65. The first-order valence-corrected chi connectivity index (χ1v) is 8.38. The van der Waals surface area contributed by atoms with Crippen molar-refractivity contribution in [3.05, 3.63) is 29.8 Å². The van der Waals surface area contributed by atoms with E-state index in [2.05, 4.69) is 47.4 Å². The van der Waals surface area contributed by atoms with Gasteiger partial charge in [0, 0.05) is 31.7 Å². The molecule has 132 valence electrons. The first-order chi connectivity index (χ1) is 10.7. The molecule has 1 atom stereocenters. The zero-order chi connectivity index (χ0) is 15.8. The second-order valence-electron chi connectivity index (χ2n) is 6.56. The number of benzene rings is 1. The van der Waals surface area contributed by atoms with Crippen LogP contribution in [0, 0.1) is 5.92 Å². The SMILES string of the molecule is COc1ccccc1CN1CCCC(CNCCN(C)C)C1.Cl. The molecule has 23 heavy (non-hydrogen) atoms. The smallest absolute Gasteiger partial charge is 0.123 e. The Morgan fingerprint density at radius 1 is 1.30 bits per heavy atom. The van der Waals surface area contributed by atoms with Gasteiger partial charge in [0.25, 0.3) is 0 Å². The minimum absolute atomic E-state index is 0. The molecule has 1 aliphatic heterocycles. The Morgan fingerprint density at radius 3 is 2.83 bits per heavy atom. The molecule has 0 spiro atoms. The van der Waals surface area contributed by atoms with Crippen molar-refractivity contribution in [2.45, 2.75) is 19.4 Å². The summed E-state index contributed by atoms with van der Waals surface area (Å²) in [5, 5.41) is 3.60. The second kappa shape index (κ2) is 10.9. The number of likely N-dealkylation sites (N-methyl/N-ethyl adjacent to an activating group) is 1. The number of para-hydroxylation sites is 1. The molecule has 0 aromatic heterocycles. The van der Waals surface area contributed by atoms with Crippen LogP contribution in [-0.2, 0) is 6.54 Å². The number of hydrogen-bond donors (Lipinski definition) is 1. The van der Waals surface area contributed by atoms with E-state index < -0.39 is 0 Å². The zero-order valence-electron chi connectivity index (χ0n) is 14.8. The maximum Gasteiger partial charge on any atom is 0.123 e.